The molecule has 26 heavy (non-hydrogen) atoms. The van der Waals surface area contributed by atoms with Gasteiger partial charge in [0.1, 0.15) is 10.7 Å². The lowest BCUT2D eigenvalue weighted by molar-refractivity contribution is -0.0119. The molecule has 142 valence electrons. The summed E-state index contributed by atoms with van der Waals surface area (Å²) >= 11 is 0. The van der Waals surface area contributed by atoms with Crippen LogP contribution in [-0.4, -0.2) is 38.8 Å². The summed E-state index contributed by atoms with van der Waals surface area (Å²) in [5, 5.41) is 3.14. The normalized spacial score (nSPS) is 32.8. The molecular weight excluding hydrogens is 355 g/mol. The SMILES string of the molecule is CN(C)S(=O)(=O)c1cc(C(=O)NC2C3CC4CC(C3)CC2C4)ccc1F. The summed E-state index contributed by atoms with van der Waals surface area (Å²) in [6.07, 6.45) is 6.07. The second-order valence-corrected chi connectivity index (χ2v) is 10.5. The zero-order chi connectivity index (χ0) is 18.6. The van der Waals surface area contributed by atoms with Gasteiger partial charge in [-0.1, -0.05) is 0 Å². The number of nitrogens with one attached hydrogen (secondary N) is 1. The van der Waals surface area contributed by atoms with Crippen molar-refractivity contribution in [3.8, 4) is 0 Å². The van der Waals surface area contributed by atoms with Crippen molar-refractivity contribution in [1.82, 2.24) is 9.62 Å². The molecule has 0 spiro atoms. The molecule has 4 fully saturated rings. The van der Waals surface area contributed by atoms with Crippen molar-refractivity contribution < 1.29 is 17.6 Å². The van der Waals surface area contributed by atoms with Gasteiger partial charge >= 0.3 is 0 Å². The lowest BCUT2D eigenvalue weighted by Gasteiger charge is -2.54. The second-order valence-electron chi connectivity index (χ2n) is 8.36. The third-order valence-electron chi connectivity index (χ3n) is 6.48. The monoisotopic (exact) mass is 380 g/mol. The van der Waals surface area contributed by atoms with Gasteiger partial charge in [-0.2, -0.15) is 0 Å². The molecule has 5 rings (SSSR count). The number of hydrogen-bond donors (Lipinski definition) is 1. The van der Waals surface area contributed by atoms with Gasteiger partial charge in [0.2, 0.25) is 10.0 Å². The quantitative estimate of drug-likeness (QED) is 0.873. The van der Waals surface area contributed by atoms with Crippen LogP contribution in [0, 0.1) is 29.5 Å². The predicted molar refractivity (Wildman–Crippen MR) is 95.6 cm³/mol. The van der Waals surface area contributed by atoms with Crippen molar-refractivity contribution in [2.75, 3.05) is 14.1 Å². The lowest BCUT2D eigenvalue weighted by Crippen LogP contribution is -2.55. The number of halogens is 1. The molecular formula is C19H25FN2O3S. The van der Waals surface area contributed by atoms with Crippen molar-refractivity contribution in [3.05, 3.63) is 29.6 Å². The minimum atomic E-state index is -3.93. The molecule has 0 heterocycles. The number of carbonyl (C=O) groups is 1. The first-order valence-corrected chi connectivity index (χ1v) is 10.7. The number of nitrogens with zero attached hydrogens (tertiary/aromatic N) is 1. The van der Waals surface area contributed by atoms with Gasteiger partial charge in [0, 0.05) is 25.7 Å². The first kappa shape index (κ1) is 17.9. The van der Waals surface area contributed by atoms with Crippen molar-refractivity contribution in [3.63, 3.8) is 0 Å². The molecule has 5 nitrogen and oxygen atoms in total. The van der Waals surface area contributed by atoms with Gasteiger partial charge in [-0.05, 0) is 74.0 Å². The van der Waals surface area contributed by atoms with E-state index in [-0.39, 0.29) is 17.5 Å². The smallest absolute Gasteiger partial charge is 0.251 e. The van der Waals surface area contributed by atoms with E-state index in [1.165, 1.54) is 52.3 Å². The zero-order valence-electron chi connectivity index (χ0n) is 15.1. The minimum Gasteiger partial charge on any atom is -0.349 e. The molecule has 1 aromatic carbocycles. The van der Waals surface area contributed by atoms with Crippen molar-refractivity contribution in [1.29, 1.82) is 0 Å². The number of benzene rings is 1. The van der Waals surface area contributed by atoms with E-state index in [2.05, 4.69) is 5.32 Å². The summed E-state index contributed by atoms with van der Waals surface area (Å²) in [6, 6.07) is 3.72. The Balaban J connectivity index is 1.56. The van der Waals surface area contributed by atoms with Gasteiger partial charge < -0.3 is 5.32 Å². The second kappa shape index (κ2) is 6.30. The highest BCUT2D eigenvalue weighted by atomic mass is 32.2. The van der Waals surface area contributed by atoms with Crippen molar-refractivity contribution >= 4 is 15.9 Å². The highest BCUT2D eigenvalue weighted by molar-refractivity contribution is 7.89. The van der Waals surface area contributed by atoms with Crippen LogP contribution < -0.4 is 5.32 Å². The summed E-state index contributed by atoms with van der Waals surface area (Å²) in [7, 11) is -1.25. The summed E-state index contributed by atoms with van der Waals surface area (Å²) in [5.41, 5.74) is 0.195. The molecule has 1 aromatic rings. The number of amides is 1. The fourth-order valence-corrected chi connectivity index (χ4v) is 6.42. The Morgan fingerprint density at radius 2 is 1.65 bits per heavy atom. The molecule has 4 bridgehead atoms. The van der Waals surface area contributed by atoms with Gasteiger partial charge in [-0.15, -0.1) is 0 Å². The summed E-state index contributed by atoms with van der Waals surface area (Å²) in [5.74, 6) is 1.53. The van der Waals surface area contributed by atoms with Gasteiger partial charge in [0.15, 0.2) is 0 Å². The molecule has 1 amide bonds. The maximum atomic E-state index is 14.0. The number of sulfonamides is 1. The largest absolute Gasteiger partial charge is 0.349 e. The third-order valence-corrected chi connectivity index (χ3v) is 8.31. The van der Waals surface area contributed by atoms with Crippen LogP contribution in [0.3, 0.4) is 0 Å². The molecule has 0 unspecified atom stereocenters. The average Bonchev–Trinajstić information content (AvgIpc) is 2.57. The van der Waals surface area contributed by atoms with Gasteiger partial charge in [0.05, 0.1) is 0 Å². The summed E-state index contributed by atoms with van der Waals surface area (Å²) < 4.78 is 39.5. The van der Waals surface area contributed by atoms with E-state index >= 15 is 0 Å². The van der Waals surface area contributed by atoms with E-state index in [4.69, 9.17) is 0 Å². The van der Waals surface area contributed by atoms with E-state index in [1.807, 2.05) is 0 Å². The van der Waals surface area contributed by atoms with Crippen molar-refractivity contribution in [2.45, 2.75) is 43.0 Å². The molecule has 7 heteroatoms. The van der Waals surface area contributed by atoms with Crippen LogP contribution in [0.1, 0.15) is 42.5 Å². The van der Waals surface area contributed by atoms with Crippen LogP contribution in [0.4, 0.5) is 4.39 Å². The predicted octanol–water partition coefficient (Wildman–Crippen LogP) is 2.63. The van der Waals surface area contributed by atoms with Crippen LogP contribution in [0.25, 0.3) is 0 Å². The van der Waals surface area contributed by atoms with E-state index in [0.717, 1.165) is 28.3 Å². The molecule has 0 aliphatic heterocycles. The molecule has 1 N–H and O–H groups in total. The van der Waals surface area contributed by atoms with Crippen LogP contribution in [-0.2, 0) is 10.0 Å². The van der Waals surface area contributed by atoms with E-state index < -0.39 is 20.7 Å². The summed E-state index contributed by atoms with van der Waals surface area (Å²) in [6.45, 7) is 0. The van der Waals surface area contributed by atoms with E-state index in [0.29, 0.717) is 11.8 Å². The molecule has 0 saturated heterocycles. The molecule has 4 aliphatic carbocycles. The Hall–Kier alpha value is -1.47. The Bertz CT molecular complexity index is 809. The topological polar surface area (TPSA) is 66.5 Å². The van der Waals surface area contributed by atoms with E-state index in [1.54, 1.807) is 0 Å². The number of carbonyl (C=O) groups excluding carboxylic acids is 1. The Morgan fingerprint density at radius 1 is 1.08 bits per heavy atom. The molecule has 0 atom stereocenters. The van der Waals surface area contributed by atoms with Crippen LogP contribution in [0.2, 0.25) is 0 Å². The molecule has 4 aliphatic rings. The maximum absolute atomic E-state index is 14.0. The lowest BCUT2D eigenvalue weighted by atomic mass is 9.54. The van der Waals surface area contributed by atoms with Crippen LogP contribution >= 0.6 is 0 Å². The zero-order valence-corrected chi connectivity index (χ0v) is 15.9. The van der Waals surface area contributed by atoms with Crippen LogP contribution in [0.15, 0.2) is 23.1 Å². The number of hydrogen-bond acceptors (Lipinski definition) is 3. The molecule has 4 saturated carbocycles. The van der Waals surface area contributed by atoms with Crippen LogP contribution in [0.5, 0.6) is 0 Å². The summed E-state index contributed by atoms with van der Waals surface area (Å²) in [4.78, 5) is 12.3. The fraction of sp³-hybridized carbons (Fsp3) is 0.632. The Labute approximate surface area is 154 Å². The van der Waals surface area contributed by atoms with Gasteiger partial charge in [-0.25, -0.2) is 17.1 Å². The highest BCUT2D eigenvalue weighted by Gasteiger charge is 2.48. The molecule has 0 radical (unpaired) electrons. The number of rotatable bonds is 4. The average molecular weight is 380 g/mol. The Kier molecular flexibility index (Phi) is 4.34. The minimum absolute atomic E-state index is 0.161. The standard InChI is InChI=1S/C19H25FN2O3S/c1-22(2)26(24,25)17-10-13(3-4-16(17)20)19(23)21-18-14-6-11-5-12(8-14)9-15(18)7-11/h3-4,10-12,14-15,18H,5-9H2,1-2H3,(H,21,23). The maximum Gasteiger partial charge on any atom is 0.251 e. The van der Waals surface area contributed by atoms with E-state index in [9.17, 15) is 17.6 Å². The van der Waals surface area contributed by atoms with Crippen molar-refractivity contribution in [2.24, 2.45) is 23.7 Å². The first-order chi connectivity index (χ1) is 12.3. The fourth-order valence-electron chi connectivity index (χ4n) is 5.43. The Morgan fingerprint density at radius 3 is 2.19 bits per heavy atom. The molecule has 0 aromatic heterocycles. The first-order valence-electron chi connectivity index (χ1n) is 9.28. The van der Waals surface area contributed by atoms with Gasteiger partial charge in [0.25, 0.3) is 5.91 Å². The van der Waals surface area contributed by atoms with Gasteiger partial charge in [-0.3, -0.25) is 4.79 Å². The highest BCUT2D eigenvalue weighted by Crippen LogP contribution is 2.53. The third kappa shape index (κ3) is 2.95.